The average molecular weight is 337 g/mol. The number of hydrogen-bond donors (Lipinski definition) is 1. The van der Waals surface area contributed by atoms with E-state index < -0.39 is 15.8 Å². The van der Waals surface area contributed by atoms with Gasteiger partial charge in [-0.3, -0.25) is 4.98 Å². The van der Waals surface area contributed by atoms with Gasteiger partial charge in [-0.05, 0) is 31.2 Å². The quantitative estimate of drug-likeness (QED) is 0.856. The maximum absolute atomic E-state index is 12.9. The molecule has 1 N–H and O–H groups in total. The zero-order valence-electron chi connectivity index (χ0n) is 9.64. The van der Waals surface area contributed by atoms with E-state index in [1.807, 2.05) is 0 Å². The first-order valence-electron chi connectivity index (χ1n) is 5.71. The smallest absolute Gasteiger partial charge is 0.242 e. The lowest BCUT2D eigenvalue weighted by atomic mass is 10.1. The number of aromatic nitrogens is 1. The molecule has 1 aliphatic carbocycles. The Morgan fingerprint density at radius 3 is 2.83 bits per heavy atom. The van der Waals surface area contributed by atoms with E-state index in [0.29, 0.717) is 17.3 Å². The molecule has 0 bridgehead atoms. The molecule has 1 aromatic rings. The highest BCUT2D eigenvalue weighted by Gasteiger charge is 2.24. The number of hydrogen-bond acceptors (Lipinski definition) is 3. The van der Waals surface area contributed by atoms with Crippen molar-refractivity contribution in [2.75, 3.05) is 6.54 Å². The molecule has 2 atom stereocenters. The van der Waals surface area contributed by atoms with Crippen LogP contribution in [0.5, 0.6) is 0 Å². The maximum atomic E-state index is 12.9. The van der Waals surface area contributed by atoms with Crippen LogP contribution in [0.3, 0.4) is 0 Å². The highest BCUT2D eigenvalue weighted by Crippen LogP contribution is 2.30. The fourth-order valence-corrected chi connectivity index (χ4v) is 3.93. The number of nitrogens with zero attached hydrogens (tertiary/aromatic N) is 1. The van der Waals surface area contributed by atoms with E-state index in [9.17, 15) is 12.8 Å². The van der Waals surface area contributed by atoms with E-state index in [4.69, 9.17) is 0 Å². The highest BCUT2D eigenvalue weighted by atomic mass is 79.9. The second-order valence-electron chi connectivity index (χ2n) is 4.47. The molecule has 100 valence electrons. The molecule has 1 heterocycles. The minimum atomic E-state index is -3.66. The van der Waals surface area contributed by atoms with E-state index in [-0.39, 0.29) is 4.90 Å². The Morgan fingerprint density at radius 1 is 1.44 bits per heavy atom. The van der Waals surface area contributed by atoms with Crippen LogP contribution in [0.1, 0.15) is 19.3 Å². The van der Waals surface area contributed by atoms with E-state index in [0.717, 1.165) is 37.7 Å². The van der Waals surface area contributed by atoms with Crippen molar-refractivity contribution in [1.29, 1.82) is 0 Å². The van der Waals surface area contributed by atoms with Crippen LogP contribution in [0, 0.1) is 11.7 Å². The molecule has 0 radical (unpaired) electrons. The van der Waals surface area contributed by atoms with Gasteiger partial charge in [-0.15, -0.1) is 0 Å². The number of sulfonamides is 1. The summed E-state index contributed by atoms with van der Waals surface area (Å²) in [6, 6.07) is 0.970. The maximum Gasteiger partial charge on any atom is 0.242 e. The third kappa shape index (κ3) is 3.49. The van der Waals surface area contributed by atoms with Gasteiger partial charge >= 0.3 is 0 Å². The summed E-state index contributed by atoms with van der Waals surface area (Å²) in [6.45, 7) is 0.390. The van der Waals surface area contributed by atoms with E-state index in [2.05, 4.69) is 25.6 Å². The van der Waals surface area contributed by atoms with Crippen LogP contribution in [0.15, 0.2) is 23.4 Å². The molecule has 1 aromatic heterocycles. The Labute approximate surface area is 114 Å². The van der Waals surface area contributed by atoms with Crippen molar-refractivity contribution in [2.45, 2.75) is 29.0 Å². The van der Waals surface area contributed by atoms with Gasteiger partial charge in [-0.25, -0.2) is 17.5 Å². The van der Waals surface area contributed by atoms with Crippen LogP contribution in [0.2, 0.25) is 0 Å². The lowest BCUT2D eigenvalue weighted by Gasteiger charge is -2.11. The fraction of sp³-hybridized carbons (Fsp3) is 0.545. The second-order valence-corrected chi connectivity index (χ2v) is 7.53. The molecule has 1 saturated carbocycles. The standard InChI is InChI=1S/C11H14BrFN2O2S/c12-9-2-1-8(3-9)5-15-18(16,17)11-4-10(13)6-14-7-11/h4,6-9,15H,1-3,5H2. The lowest BCUT2D eigenvalue weighted by molar-refractivity contribution is 0.519. The molecule has 0 aliphatic heterocycles. The zero-order valence-corrected chi connectivity index (χ0v) is 12.0. The summed E-state index contributed by atoms with van der Waals surface area (Å²) in [6.07, 6.45) is 5.15. The van der Waals surface area contributed by atoms with Gasteiger partial charge in [0.05, 0.1) is 6.20 Å². The van der Waals surface area contributed by atoms with Gasteiger partial charge < -0.3 is 0 Å². The third-order valence-corrected chi connectivity index (χ3v) is 5.25. The summed E-state index contributed by atoms with van der Waals surface area (Å²) >= 11 is 3.52. The van der Waals surface area contributed by atoms with Crippen LogP contribution in [-0.2, 0) is 10.0 Å². The molecule has 0 aromatic carbocycles. The minimum Gasteiger partial charge on any atom is -0.260 e. The molecule has 2 unspecified atom stereocenters. The summed E-state index contributed by atoms with van der Waals surface area (Å²) in [7, 11) is -3.66. The molecule has 1 aliphatic rings. The number of rotatable bonds is 4. The Hall–Kier alpha value is -0.530. The average Bonchev–Trinajstić information content (AvgIpc) is 2.73. The van der Waals surface area contributed by atoms with E-state index >= 15 is 0 Å². The predicted octanol–water partition coefficient (Wildman–Crippen LogP) is 2.06. The first-order valence-corrected chi connectivity index (χ1v) is 8.11. The third-order valence-electron chi connectivity index (χ3n) is 3.03. The van der Waals surface area contributed by atoms with Gasteiger partial charge in [0.2, 0.25) is 10.0 Å². The van der Waals surface area contributed by atoms with Crippen molar-refractivity contribution >= 4 is 26.0 Å². The van der Waals surface area contributed by atoms with Crippen molar-refractivity contribution in [2.24, 2.45) is 5.92 Å². The number of halogens is 2. The molecule has 0 amide bonds. The van der Waals surface area contributed by atoms with Crippen LogP contribution < -0.4 is 4.72 Å². The van der Waals surface area contributed by atoms with Gasteiger partial charge in [-0.2, -0.15) is 0 Å². The van der Waals surface area contributed by atoms with Crippen molar-refractivity contribution in [3.8, 4) is 0 Å². The van der Waals surface area contributed by atoms with Crippen molar-refractivity contribution in [3.05, 3.63) is 24.3 Å². The number of pyridine rings is 1. The van der Waals surface area contributed by atoms with Gasteiger partial charge in [-0.1, -0.05) is 15.9 Å². The SMILES string of the molecule is O=S(=O)(NCC1CCC(Br)C1)c1cncc(F)c1. The summed E-state index contributed by atoms with van der Waals surface area (Å²) in [5, 5.41) is 0. The van der Waals surface area contributed by atoms with Crippen molar-refractivity contribution in [1.82, 2.24) is 9.71 Å². The van der Waals surface area contributed by atoms with Crippen LogP contribution >= 0.6 is 15.9 Å². The monoisotopic (exact) mass is 336 g/mol. The van der Waals surface area contributed by atoms with Crippen molar-refractivity contribution < 1.29 is 12.8 Å². The zero-order chi connectivity index (χ0) is 13.2. The molecule has 4 nitrogen and oxygen atoms in total. The number of alkyl halides is 1. The van der Waals surface area contributed by atoms with E-state index in [1.54, 1.807) is 0 Å². The normalized spacial score (nSPS) is 24.3. The van der Waals surface area contributed by atoms with Crippen LogP contribution in [-0.4, -0.2) is 24.8 Å². The summed E-state index contributed by atoms with van der Waals surface area (Å²) < 4.78 is 39.2. The minimum absolute atomic E-state index is 0.129. The first kappa shape index (κ1) is 13.9. The second kappa shape index (κ2) is 5.63. The summed E-state index contributed by atoms with van der Waals surface area (Å²) in [4.78, 5) is 3.89. The molecular weight excluding hydrogens is 323 g/mol. The van der Waals surface area contributed by atoms with Crippen LogP contribution in [0.4, 0.5) is 4.39 Å². The predicted molar refractivity (Wildman–Crippen MR) is 69.4 cm³/mol. The fourth-order valence-electron chi connectivity index (χ4n) is 2.05. The Bertz CT molecular complexity index is 524. The number of nitrogens with one attached hydrogen (secondary N) is 1. The Morgan fingerprint density at radius 2 is 2.22 bits per heavy atom. The largest absolute Gasteiger partial charge is 0.260 e. The van der Waals surface area contributed by atoms with Crippen molar-refractivity contribution in [3.63, 3.8) is 0 Å². The summed E-state index contributed by atoms with van der Waals surface area (Å²) in [5.74, 6) is -0.315. The van der Waals surface area contributed by atoms with Gasteiger partial charge in [0.1, 0.15) is 10.7 Å². The molecule has 1 fully saturated rings. The van der Waals surface area contributed by atoms with E-state index in [1.165, 1.54) is 0 Å². The first-order chi connectivity index (χ1) is 8.47. The molecular formula is C11H14BrFN2O2S. The topological polar surface area (TPSA) is 59.1 Å². The Kier molecular flexibility index (Phi) is 4.34. The van der Waals surface area contributed by atoms with Gasteiger partial charge in [0.15, 0.2) is 0 Å². The Balaban J connectivity index is 1.99. The lowest BCUT2D eigenvalue weighted by Crippen LogP contribution is -2.28. The molecule has 2 rings (SSSR count). The molecule has 0 spiro atoms. The van der Waals surface area contributed by atoms with Gasteiger partial charge in [0.25, 0.3) is 0 Å². The summed E-state index contributed by atoms with van der Waals surface area (Å²) in [5.41, 5.74) is 0. The molecule has 7 heteroatoms. The van der Waals surface area contributed by atoms with Crippen LogP contribution in [0.25, 0.3) is 0 Å². The van der Waals surface area contributed by atoms with Gasteiger partial charge in [0, 0.05) is 17.6 Å². The highest BCUT2D eigenvalue weighted by molar-refractivity contribution is 9.09. The molecule has 18 heavy (non-hydrogen) atoms. The molecule has 0 saturated heterocycles.